The smallest absolute Gasteiger partial charge is 0.370 e. The van der Waals surface area contributed by atoms with Gasteiger partial charge in [0.1, 0.15) is 0 Å². The Hall–Kier alpha value is -1.76. The fourth-order valence-electron chi connectivity index (χ4n) is 3.11. The minimum atomic E-state index is -4.42. The van der Waals surface area contributed by atoms with Crippen molar-refractivity contribution < 1.29 is 18.0 Å². The number of amides is 1. The van der Waals surface area contributed by atoms with Crippen molar-refractivity contribution in [1.29, 1.82) is 0 Å². The monoisotopic (exact) mass is 327 g/mol. The second-order valence-electron chi connectivity index (χ2n) is 6.35. The highest BCUT2D eigenvalue weighted by Crippen LogP contribution is 2.41. The zero-order chi connectivity index (χ0) is 16.8. The predicted octanol–water partition coefficient (Wildman–Crippen LogP) is 3.43. The molecule has 2 aliphatic heterocycles. The zero-order valence-electron chi connectivity index (χ0n) is 13.2. The topological polar surface area (TPSA) is 35.6 Å². The van der Waals surface area contributed by atoms with Crippen LogP contribution in [-0.4, -0.2) is 30.1 Å². The van der Waals surface area contributed by atoms with Crippen LogP contribution < -0.4 is 10.2 Å². The Bertz CT molecular complexity index is 628. The van der Waals surface area contributed by atoms with Crippen LogP contribution in [0.2, 0.25) is 0 Å². The van der Waals surface area contributed by atoms with Crippen LogP contribution in [-0.2, 0) is 17.5 Å². The van der Waals surface area contributed by atoms with E-state index in [1.54, 1.807) is 0 Å². The first kappa shape index (κ1) is 16.1. The first-order chi connectivity index (χ1) is 10.8. The summed E-state index contributed by atoms with van der Waals surface area (Å²) in [4.78, 5) is 15.5. The second kappa shape index (κ2) is 5.70. The van der Waals surface area contributed by atoms with Crippen LogP contribution in [0.3, 0.4) is 0 Å². The van der Waals surface area contributed by atoms with Crippen molar-refractivity contribution in [2.75, 3.05) is 23.4 Å². The summed E-state index contributed by atoms with van der Waals surface area (Å²) in [6.45, 7) is 5.49. The van der Waals surface area contributed by atoms with E-state index in [-0.39, 0.29) is 11.9 Å². The molecule has 2 aliphatic rings. The molecule has 7 heteroatoms. The van der Waals surface area contributed by atoms with Crippen LogP contribution in [0.5, 0.6) is 0 Å². The Kier molecular flexibility index (Phi) is 4.00. The molecule has 3 rings (SSSR count). The van der Waals surface area contributed by atoms with Gasteiger partial charge in [-0.3, -0.25) is 9.69 Å². The van der Waals surface area contributed by atoms with E-state index in [4.69, 9.17) is 0 Å². The van der Waals surface area contributed by atoms with Crippen molar-refractivity contribution in [3.05, 3.63) is 23.3 Å². The molecule has 1 aromatic rings. The molecule has 23 heavy (non-hydrogen) atoms. The fraction of sp³-hybridized carbons (Fsp3) is 0.562. The van der Waals surface area contributed by atoms with Gasteiger partial charge in [-0.2, -0.15) is 13.2 Å². The largest absolute Gasteiger partial charge is 0.416 e. The molecule has 0 aromatic heterocycles. The van der Waals surface area contributed by atoms with Gasteiger partial charge in [0, 0.05) is 25.6 Å². The molecule has 1 aromatic carbocycles. The number of anilines is 2. The number of nitrogens with zero attached hydrogens (tertiary/aromatic N) is 2. The number of alkyl halides is 3. The minimum Gasteiger partial charge on any atom is -0.370 e. The highest BCUT2D eigenvalue weighted by molar-refractivity contribution is 5.99. The summed E-state index contributed by atoms with van der Waals surface area (Å²) in [5.74, 6) is -0.111. The standard InChI is InChI=1S/C16H20F3N3O/c1-10(2)21-8-11-6-12(16(17,18)19)7-13(15(11)20-9-21)22-5-3-4-14(22)23/h6-7,10,20H,3-5,8-9H2,1-2H3. The number of hydrogen-bond acceptors (Lipinski definition) is 3. The van der Waals surface area contributed by atoms with E-state index in [0.717, 1.165) is 6.07 Å². The zero-order valence-corrected chi connectivity index (χ0v) is 13.2. The summed E-state index contributed by atoms with van der Waals surface area (Å²) in [5.41, 5.74) is 0.915. The maximum Gasteiger partial charge on any atom is 0.416 e. The number of hydrogen-bond donors (Lipinski definition) is 1. The Balaban J connectivity index is 2.08. The number of rotatable bonds is 2. The number of benzene rings is 1. The van der Waals surface area contributed by atoms with Gasteiger partial charge < -0.3 is 10.2 Å². The highest BCUT2D eigenvalue weighted by atomic mass is 19.4. The van der Waals surface area contributed by atoms with Gasteiger partial charge in [-0.15, -0.1) is 0 Å². The normalized spacial score (nSPS) is 19.2. The molecule has 0 spiro atoms. The third kappa shape index (κ3) is 3.02. The molecule has 0 saturated carbocycles. The molecule has 0 bridgehead atoms. The average molecular weight is 327 g/mol. The Morgan fingerprint density at radius 3 is 2.57 bits per heavy atom. The third-order valence-electron chi connectivity index (χ3n) is 4.45. The molecule has 1 saturated heterocycles. The summed E-state index contributed by atoms with van der Waals surface area (Å²) in [6.07, 6.45) is -3.35. The van der Waals surface area contributed by atoms with Gasteiger partial charge in [0.05, 0.1) is 23.6 Å². The lowest BCUT2D eigenvalue weighted by molar-refractivity contribution is -0.137. The molecule has 1 amide bonds. The predicted molar refractivity (Wildman–Crippen MR) is 82.2 cm³/mol. The van der Waals surface area contributed by atoms with Crippen molar-refractivity contribution in [1.82, 2.24) is 4.90 Å². The van der Waals surface area contributed by atoms with Crippen LogP contribution in [0.15, 0.2) is 12.1 Å². The number of fused-ring (bicyclic) bond motifs is 1. The molecular formula is C16H20F3N3O. The van der Waals surface area contributed by atoms with E-state index >= 15 is 0 Å². The summed E-state index contributed by atoms with van der Waals surface area (Å²) in [5, 5.41) is 3.20. The molecule has 4 nitrogen and oxygen atoms in total. The molecule has 2 heterocycles. The third-order valence-corrected chi connectivity index (χ3v) is 4.45. The van der Waals surface area contributed by atoms with Crippen LogP contribution in [0.1, 0.15) is 37.8 Å². The SMILES string of the molecule is CC(C)N1CNc2c(cc(C(F)(F)F)cc2N2CCCC2=O)C1. The average Bonchev–Trinajstić information content (AvgIpc) is 2.90. The summed E-state index contributed by atoms with van der Waals surface area (Å²) >= 11 is 0. The lowest BCUT2D eigenvalue weighted by atomic mass is 10.0. The van der Waals surface area contributed by atoms with E-state index in [2.05, 4.69) is 10.2 Å². The van der Waals surface area contributed by atoms with Gasteiger partial charge in [-0.05, 0) is 38.0 Å². The lowest BCUT2D eigenvalue weighted by Gasteiger charge is -2.35. The number of nitrogens with one attached hydrogen (secondary N) is 1. The van der Waals surface area contributed by atoms with Crippen molar-refractivity contribution >= 4 is 17.3 Å². The van der Waals surface area contributed by atoms with Crippen molar-refractivity contribution in [3.63, 3.8) is 0 Å². The van der Waals surface area contributed by atoms with Gasteiger partial charge in [0.25, 0.3) is 0 Å². The quantitative estimate of drug-likeness (QED) is 0.904. The van der Waals surface area contributed by atoms with Crippen LogP contribution in [0.4, 0.5) is 24.5 Å². The van der Waals surface area contributed by atoms with Crippen molar-refractivity contribution in [2.24, 2.45) is 0 Å². The van der Waals surface area contributed by atoms with Crippen molar-refractivity contribution in [3.8, 4) is 0 Å². The second-order valence-corrected chi connectivity index (χ2v) is 6.35. The number of halogens is 3. The van der Waals surface area contributed by atoms with Gasteiger partial charge in [0.15, 0.2) is 0 Å². The van der Waals surface area contributed by atoms with Gasteiger partial charge in [-0.25, -0.2) is 0 Å². The van der Waals surface area contributed by atoms with E-state index in [9.17, 15) is 18.0 Å². The molecule has 0 radical (unpaired) electrons. The highest BCUT2D eigenvalue weighted by Gasteiger charge is 2.35. The Morgan fingerprint density at radius 1 is 1.26 bits per heavy atom. The summed E-state index contributed by atoms with van der Waals surface area (Å²) in [7, 11) is 0. The maximum atomic E-state index is 13.2. The molecule has 0 atom stereocenters. The lowest BCUT2D eigenvalue weighted by Crippen LogP contribution is -2.39. The van der Waals surface area contributed by atoms with Crippen LogP contribution >= 0.6 is 0 Å². The molecular weight excluding hydrogens is 307 g/mol. The molecule has 126 valence electrons. The van der Waals surface area contributed by atoms with E-state index < -0.39 is 11.7 Å². The maximum absolute atomic E-state index is 13.2. The minimum absolute atomic E-state index is 0.111. The van der Waals surface area contributed by atoms with E-state index in [0.29, 0.717) is 49.5 Å². The molecule has 0 aliphatic carbocycles. The first-order valence-electron chi connectivity index (χ1n) is 7.80. The summed E-state index contributed by atoms with van der Waals surface area (Å²) in [6, 6.07) is 2.52. The number of carbonyl (C=O) groups is 1. The first-order valence-corrected chi connectivity index (χ1v) is 7.80. The van der Waals surface area contributed by atoms with E-state index in [1.165, 1.54) is 11.0 Å². The van der Waals surface area contributed by atoms with Gasteiger partial charge in [-0.1, -0.05) is 0 Å². The fourth-order valence-corrected chi connectivity index (χ4v) is 3.11. The Labute approximate surface area is 133 Å². The summed E-state index contributed by atoms with van der Waals surface area (Å²) < 4.78 is 39.7. The Morgan fingerprint density at radius 2 is 2.00 bits per heavy atom. The molecule has 1 N–H and O–H groups in total. The van der Waals surface area contributed by atoms with Crippen LogP contribution in [0.25, 0.3) is 0 Å². The number of carbonyl (C=O) groups excluding carboxylic acids is 1. The molecule has 0 unspecified atom stereocenters. The van der Waals surface area contributed by atoms with Crippen molar-refractivity contribution in [2.45, 2.75) is 45.5 Å². The van der Waals surface area contributed by atoms with Crippen LogP contribution in [0, 0.1) is 0 Å². The van der Waals surface area contributed by atoms with Gasteiger partial charge >= 0.3 is 6.18 Å². The van der Waals surface area contributed by atoms with E-state index in [1.807, 2.05) is 13.8 Å². The van der Waals surface area contributed by atoms with Gasteiger partial charge in [0.2, 0.25) is 5.91 Å². The molecule has 1 fully saturated rings.